The smallest absolute Gasteiger partial charge is 0.382 e. The van der Waals surface area contributed by atoms with Crippen LogP contribution in [0.1, 0.15) is 71.6 Å². The van der Waals surface area contributed by atoms with E-state index in [9.17, 15) is 10.1 Å². The fraction of sp³-hybridized carbons (Fsp3) is 0.800. The Balaban J connectivity index is 4.00. The van der Waals surface area contributed by atoms with E-state index < -0.39 is 10.6 Å². The molecule has 5 heteroatoms. The Bertz CT molecular complexity index is 346. The first-order chi connectivity index (χ1) is 9.67. The minimum absolute atomic E-state index is 0.228. The molecule has 0 saturated heterocycles. The molecule has 5 nitrogen and oxygen atoms in total. The molecular formula is C15H26N2O3. The van der Waals surface area contributed by atoms with Crippen molar-refractivity contribution in [3.05, 3.63) is 21.6 Å². The van der Waals surface area contributed by atoms with Gasteiger partial charge in [0, 0.05) is 6.42 Å². The van der Waals surface area contributed by atoms with Crippen LogP contribution in [0.4, 0.5) is 0 Å². The monoisotopic (exact) mass is 282 g/mol. The number of hydrogen-bond donors (Lipinski definition) is 0. The number of ether oxygens (including phenoxy) is 1. The van der Waals surface area contributed by atoms with Crippen LogP contribution >= 0.6 is 0 Å². The van der Waals surface area contributed by atoms with Gasteiger partial charge in [-0.15, -0.1) is 0 Å². The van der Waals surface area contributed by atoms with Crippen molar-refractivity contribution in [3.8, 4) is 6.07 Å². The number of allylic oxidation sites excluding steroid dienone is 2. The molecule has 0 unspecified atom stereocenters. The molecular weight excluding hydrogens is 256 g/mol. The van der Waals surface area contributed by atoms with E-state index in [4.69, 9.17) is 10.00 Å². The zero-order valence-corrected chi connectivity index (χ0v) is 12.7. The van der Waals surface area contributed by atoms with Gasteiger partial charge in [0.2, 0.25) is 0 Å². The fourth-order valence-corrected chi connectivity index (χ4v) is 2.06. The Morgan fingerprint density at radius 3 is 2.10 bits per heavy atom. The number of hydrogen-bond acceptors (Lipinski definition) is 4. The highest BCUT2D eigenvalue weighted by Gasteiger charge is 2.18. The summed E-state index contributed by atoms with van der Waals surface area (Å²) in [7, 11) is 0. The molecule has 0 heterocycles. The quantitative estimate of drug-likeness (QED) is 0.173. The summed E-state index contributed by atoms with van der Waals surface area (Å²) >= 11 is 0. The van der Waals surface area contributed by atoms with Gasteiger partial charge >= 0.3 is 5.70 Å². The Hall–Kier alpha value is -1.57. The molecule has 0 aromatic rings. The second-order valence-corrected chi connectivity index (χ2v) is 4.80. The lowest BCUT2D eigenvalue weighted by molar-refractivity contribution is -0.420. The molecule has 0 atom stereocenters. The van der Waals surface area contributed by atoms with Crippen LogP contribution in [0.5, 0.6) is 0 Å². The van der Waals surface area contributed by atoms with E-state index >= 15 is 0 Å². The number of nitro groups is 1. The lowest BCUT2D eigenvalue weighted by Crippen LogP contribution is -2.05. The van der Waals surface area contributed by atoms with E-state index in [2.05, 4.69) is 6.92 Å². The second kappa shape index (κ2) is 12.5. The van der Waals surface area contributed by atoms with Crippen molar-refractivity contribution in [2.24, 2.45) is 0 Å². The maximum Gasteiger partial charge on any atom is 0.382 e. The standard InChI is InChI=1S/C15H26N2O3/c1-3-5-6-7-8-9-10-11-12-15(20-4-2)14(13-16)17(18)19/h3-12H2,1-2H3/b15-14-. The molecule has 0 aliphatic carbocycles. The fourth-order valence-electron chi connectivity index (χ4n) is 2.06. The molecule has 0 radical (unpaired) electrons. The van der Waals surface area contributed by atoms with E-state index in [1.807, 2.05) is 0 Å². The van der Waals surface area contributed by atoms with Crippen molar-refractivity contribution in [2.45, 2.75) is 71.6 Å². The summed E-state index contributed by atoms with van der Waals surface area (Å²) in [6.45, 7) is 4.32. The predicted octanol–water partition coefficient (Wildman–Crippen LogP) is 4.57. The normalized spacial score (nSPS) is 11.7. The maximum absolute atomic E-state index is 10.7. The van der Waals surface area contributed by atoms with Gasteiger partial charge in [-0.25, -0.2) is 0 Å². The summed E-state index contributed by atoms with van der Waals surface area (Å²) in [6.07, 6.45) is 9.80. The average Bonchev–Trinajstić information content (AvgIpc) is 2.42. The molecule has 20 heavy (non-hydrogen) atoms. The second-order valence-electron chi connectivity index (χ2n) is 4.80. The first-order valence-corrected chi connectivity index (χ1v) is 7.57. The van der Waals surface area contributed by atoms with Gasteiger partial charge in [0.15, 0.2) is 11.8 Å². The molecule has 0 fully saturated rings. The lowest BCUT2D eigenvalue weighted by atomic mass is 10.1. The highest BCUT2D eigenvalue weighted by atomic mass is 16.6. The molecule has 0 N–H and O–H groups in total. The van der Waals surface area contributed by atoms with Crippen LogP contribution in [0.2, 0.25) is 0 Å². The zero-order valence-electron chi connectivity index (χ0n) is 12.7. The van der Waals surface area contributed by atoms with Crippen LogP contribution in [0, 0.1) is 21.4 Å². The van der Waals surface area contributed by atoms with Gasteiger partial charge in [-0.05, 0) is 13.3 Å². The lowest BCUT2D eigenvalue weighted by Gasteiger charge is -2.07. The van der Waals surface area contributed by atoms with Crippen molar-refractivity contribution in [3.63, 3.8) is 0 Å². The van der Waals surface area contributed by atoms with E-state index in [-0.39, 0.29) is 5.76 Å². The van der Waals surface area contributed by atoms with Crippen molar-refractivity contribution in [1.29, 1.82) is 5.26 Å². The largest absolute Gasteiger partial charge is 0.490 e. The first kappa shape index (κ1) is 18.4. The third-order valence-electron chi connectivity index (χ3n) is 3.13. The Morgan fingerprint density at radius 2 is 1.65 bits per heavy atom. The SMILES string of the molecule is CCCCCCCCCC/C(OCC)=C(\C#N)[N+](=O)[O-]. The van der Waals surface area contributed by atoms with E-state index in [1.54, 1.807) is 13.0 Å². The zero-order chi connectivity index (χ0) is 15.2. The number of nitrogens with zero attached hydrogens (tertiary/aromatic N) is 2. The molecule has 0 saturated carbocycles. The molecule has 0 amide bonds. The number of nitriles is 1. The molecule has 0 bridgehead atoms. The maximum atomic E-state index is 10.7. The third kappa shape index (κ3) is 8.52. The topological polar surface area (TPSA) is 76.2 Å². The Labute approximate surface area is 121 Å². The van der Waals surface area contributed by atoms with Gasteiger partial charge in [0.05, 0.1) is 11.5 Å². The summed E-state index contributed by atoms with van der Waals surface area (Å²) in [5.41, 5.74) is -0.449. The predicted molar refractivity (Wildman–Crippen MR) is 78.5 cm³/mol. The van der Waals surface area contributed by atoms with Crippen LogP contribution in [0.25, 0.3) is 0 Å². The molecule has 0 aromatic carbocycles. The van der Waals surface area contributed by atoms with E-state index in [0.717, 1.165) is 19.3 Å². The molecule has 0 aliphatic rings. The molecule has 0 aliphatic heterocycles. The summed E-state index contributed by atoms with van der Waals surface area (Å²) in [6, 6.07) is 1.62. The summed E-state index contributed by atoms with van der Waals surface area (Å²) in [5, 5.41) is 19.5. The van der Waals surface area contributed by atoms with Crippen molar-refractivity contribution < 1.29 is 9.66 Å². The summed E-state index contributed by atoms with van der Waals surface area (Å²) in [5.74, 6) is 0.228. The minimum Gasteiger partial charge on any atom is -0.490 e. The van der Waals surface area contributed by atoms with Crippen LogP contribution in [0.15, 0.2) is 11.5 Å². The van der Waals surface area contributed by atoms with Crippen LogP contribution in [0.3, 0.4) is 0 Å². The number of rotatable bonds is 12. The van der Waals surface area contributed by atoms with E-state index in [1.165, 1.54) is 32.1 Å². The van der Waals surface area contributed by atoms with Crippen LogP contribution < -0.4 is 0 Å². The number of unbranched alkanes of at least 4 members (excludes halogenated alkanes) is 7. The van der Waals surface area contributed by atoms with Gasteiger partial charge < -0.3 is 4.74 Å². The molecule has 114 valence electrons. The Morgan fingerprint density at radius 1 is 1.10 bits per heavy atom. The van der Waals surface area contributed by atoms with Gasteiger partial charge in [-0.1, -0.05) is 51.9 Å². The van der Waals surface area contributed by atoms with Crippen molar-refractivity contribution in [1.82, 2.24) is 0 Å². The van der Waals surface area contributed by atoms with Crippen molar-refractivity contribution in [2.75, 3.05) is 6.61 Å². The third-order valence-corrected chi connectivity index (χ3v) is 3.13. The Kier molecular flexibility index (Phi) is 11.5. The first-order valence-electron chi connectivity index (χ1n) is 7.57. The molecule has 0 rings (SSSR count). The minimum atomic E-state index is -0.657. The van der Waals surface area contributed by atoms with Gasteiger partial charge in [0.25, 0.3) is 0 Å². The van der Waals surface area contributed by atoms with Crippen molar-refractivity contribution >= 4 is 0 Å². The van der Waals surface area contributed by atoms with E-state index in [0.29, 0.717) is 13.0 Å². The highest BCUT2D eigenvalue weighted by molar-refractivity contribution is 5.16. The van der Waals surface area contributed by atoms with Crippen LogP contribution in [-0.2, 0) is 4.74 Å². The average molecular weight is 282 g/mol. The highest BCUT2D eigenvalue weighted by Crippen LogP contribution is 2.17. The summed E-state index contributed by atoms with van der Waals surface area (Å²) in [4.78, 5) is 10.1. The van der Waals surface area contributed by atoms with Crippen LogP contribution in [-0.4, -0.2) is 11.5 Å². The van der Waals surface area contributed by atoms with Gasteiger partial charge in [-0.3, -0.25) is 10.1 Å². The van der Waals surface area contributed by atoms with Gasteiger partial charge in [-0.2, -0.15) is 5.26 Å². The van der Waals surface area contributed by atoms with Gasteiger partial charge in [0.1, 0.15) is 0 Å². The molecule has 0 spiro atoms. The molecule has 0 aromatic heterocycles. The summed E-state index contributed by atoms with van der Waals surface area (Å²) < 4.78 is 5.23.